The van der Waals surface area contributed by atoms with Gasteiger partial charge in [-0.15, -0.1) is 0 Å². The van der Waals surface area contributed by atoms with Crippen LogP contribution in [0.5, 0.6) is 5.75 Å². The summed E-state index contributed by atoms with van der Waals surface area (Å²) in [5, 5.41) is 5.58. The van der Waals surface area contributed by atoms with Gasteiger partial charge in [0.2, 0.25) is 5.91 Å². The standard InChI is InChI=1S/C21H29N3O5/c1-21(7-3-4-8-21)10-15(20(27)24-16-11-29-12-17(16)25)23-19(26)13-5-6-14(22)18(9-13)28-2/h5-6,9,15-16H,3-4,7-8,10-12,22H2,1-2H3,(H,23,26)(H,24,27)/t15?,16-/m0/s1. The number of benzene rings is 1. The van der Waals surface area contributed by atoms with E-state index in [0.717, 1.165) is 25.7 Å². The first kappa shape index (κ1) is 21.1. The lowest BCUT2D eigenvalue weighted by atomic mass is 9.81. The Morgan fingerprint density at radius 1 is 1.34 bits per heavy atom. The van der Waals surface area contributed by atoms with Gasteiger partial charge >= 0.3 is 0 Å². The maximum Gasteiger partial charge on any atom is 0.252 e. The molecule has 1 aliphatic carbocycles. The number of nitrogens with two attached hydrogens (primary N) is 1. The summed E-state index contributed by atoms with van der Waals surface area (Å²) in [6.07, 6.45) is 4.76. The molecule has 4 N–H and O–H groups in total. The highest BCUT2D eigenvalue weighted by molar-refractivity contribution is 5.99. The Labute approximate surface area is 170 Å². The fourth-order valence-corrected chi connectivity index (χ4v) is 4.09. The van der Waals surface area contributed by atoms with Crippen LogP contribution in [0.4, 0.5) is 5.69 Å². The van der Waals surface area contributed by atoms with Crippen molar-refractivity contribution >= 4 is 23.3 Å². The number of ether oxygens (including phenoxy) is 2. The van der Waals surface area contributed by atoms with Gasteiger partial charge in [0.05, 0.1) is 19.4 Å². The van der Waals surface area contributed by atoms with Crippen LogP contribution >= 0.6 is 0 Å². The first-order valence-corrected chi connectivity index (χ1v) is 9.96. The Bertz CT molecular complexity index is 789. The van der Waals surface area contributed by atoms with Gasteiger partial charge in [-0.2, -0.15) is 0 Å². The topological polar surface area (TPSA) is 120 Å². The highest BCUT2D eigenvalue weighted by Gasteiger charge is 2.37. The number of ketones is 1. The van der Waals surface area contributed by atoms with Crippen LogP contribution in [0.1, 0.15) is 49.4 Å². The second-order valence-electron chi connectivity index (χ2n) is 8.25. The predicted octanol–water partition coefficient (Wildman–Crippen LogP) is 1.43. The molecule has 8 heteroatoms. The number of carbonyl (C=O) groups is 3. The Morgan fingerprint density at radius 2 is 2.07 bits per heavy atom. The van der Waals surface area contributed by atoms with Crippen molar-refractivity contribution < 1.29 is 23.9 Å². The Hall–Kier alpha value is -2.61. The average Bonchev–Trinajstić information content (AvgIpc) is 3.30. The Balaban J connectivity index is 1.75. The van der Waals surface area contributed by atoms with Crippen LogP contribution in [0.25, 0.3) is 0 Å². The summed E-state index contributed by atoms with van der Waals surface area (Å²) in [6.45, 7) is 2.31. The van der Waals surface area contributed by atoms with Gasteiger partial charge in [0.25, 0.3) is 5.91 Å². The van der Waals surface area contributed by atoms with E-state index in [2.05, 4.69) is 17.6 Å². The second-order valence-corrected chi connectivity index (χ2v) is 8.25. The number of carbonyl (C=O) groups excluding carboxylic acids is 3. The molecule has 0 radical (unpaired) electrons. The normalized spacial score (nSPS) is 21.6. The lowest BCUT2D eigenvalue weighted by molar-refractivity contribution is -0.127. The van der Waals surface area contributed by atoms with E-state index in [1.807, 2.05) is 0 Å². The number of methoxy groups -OCH3 is 1. The smallest absolute Gasteiger partial charge is 0.252 e. The molecule has 2 aliphatic rings. The van der Waals surface area contributed by atoms with Crippen molar-refractivity contribution in [3.8, 4) is 5.75 Å². The first-order chi connectivity index (χ1) is 13.8. The molecule has 1 saturated carbocycles. The molecule has 29 heavy (non-hydrogen) atoms. The molecule has 0 bridgehead atoms. The van der Waals surface area contributed by atoms with Crippen LogP contribution in [0, 0.1) is 5.41 Å². The van der Waals surface area contributed by atoms with Gasteiger partial charge in [0.1, 0.15) is 24.4 Å². The molecule has 8 nitrogen and oxygen atoms in total. The number of hydrogen-bond donors (Lipinski definition) is 3. The van der Waals surface area contributed by atoms with Crippen LogP contribution in [0.15, 0.2) is 18.2 Å². The SMILES string of the molecule is COc1cc(C(=O)NC(CC2(C)CCCC2)C(=O)N[C@H]2COCC2=O)ccc1N. The van der Waals surface area contributed by atoms with Crippen LogP contribution in [-0.2, 0) is 14.3 Å². The summed E-state index contributed by atoms with van der Waals surface area (Å²) in [5.74, 6) is -0.509. The molecule has 1 heterocycles. The van der Waals surface area contributed by atoms with Crippen LogP contribution in [0.3, 0.4) is 0 Å². The summed E-state index contributed by atoms with van der Waals surface area (Å²) in [4.78, 5) is 37.6. The number of Topliss-reactive ketones (excluding diaryl/α,β-unsaturated/α-hetero) is 1. The summed E-state index contributed by atoms with van der Waals surface area (Å²) in [7, 11) is 1.48. The van der Waals surface area contributed by atoms with Crippen molar-refractivity contribution in [3.63, 3.8) is 0 Å². The van der Waals surface area contributed by atoms with E-state index in [0.29, 0.717) is 23.4 Å². The van der Waals surface area contributed by atoms with Crippen molar-refractivity contribution in [1.82, 2.24) is 10.6 Å². The maximum atomic E-state index is 12.9. The summed E-state index contributed by atoms with van der Waals surface area (Å²) in [5.41, 5.74) is 6.57. The largest absolute Gasteiger partial charge is 0.495 e. The quantitative estimate of drug-likeness (QED) is 0.593. The van der Waals surface area contributed by atoms with Gasteiger partial charge in [-0.05, 0) is 42.9 Å². The number of amides is 2. The average molecular weight is 403 g/mol. The van der Waals surface area contributed by atoms with Gasteiger partial charge in [-0.3, -0.25) is 14.4 Å². The van der Waals surface area contributed by atoms with Crippen molar-refractivity contribution in [2.24, 2.45) is 5.41 Å². The first-order valence-electron chi connectivity index (χ1n) is 9.96. The molecule has 1 aliphatic heterocycles. The zero-order chi connectivity index (χ0) is 21.0. The minimum atomic E-state index is -0.748. The van der Waals surface area contributed by atoms with Crippen molar-refractivity contribution in [1.29, 1.82) is 0 Å². The number of nitrogens with one attached hydrogen (secondary N) is 2. The third-order valence-electron chi connectivity index (χ3n) is 5.86. The number of anilines is 1. The van der Waals surface area contributed by atoms with Gasteiger partial charge in [-0.1, -0.05) is 19.8 Å². The molecule has 1 aromatic carbocycles. The van der Waals surface area contributed by atoms with E-state index in [-0.39, 0.29) is 36.2 Å². The van der Waals surface area contributed by atoms with E-state index in [1.165, 1.54) is 7.11 Å². The Morgan fingerprint density at radius 3 is 2.69 bits per heavy atom. The lowest BCUT2D eigenvalue weighted by Gasteiger charge is -2.29. The van der Waals surface area contributed by atoms with Gasteiger partial charge < -0.3 is 25.8 Å². The van der Waals surface area contributed by atoms with Gasteiger partial charge in [0, 0.05) is 5.56 Å². The van der Waals surface area contributed by atoms with E-state index in [1.54, 1.807) is 18.2 Å². The molecule has 2 amide bonds. The number of nitrogen functional groups attached to an aromatic ring is 1. The fraction of sp³-hybridized carbons (Fsp3) is 0.571. The fourth-order valence-electron chi connectivity index (χ4n) is 4.09. The molecule has 0 spiro atoms. The van der Waals surface area contributed by atoms with Gasteiger partial charge in [0.15, 0.2) is 5.78 Å². The van der Waals surface area contributed by atoms with Gasteiger partial charge in [-0.25, -0.2) is 0 Å². The predicted molar refractivity (Wildman–Crippen MR) is 108 cm³/mol. The van der Waals surface area contributed by atoms with Crippen molar-refractivity contribution in [3.05, 3.63) is 23.8 Å². The van der Waals surface area contributed by atoms with E-state index >= 15 is 0 Å². The van der Waals surface area contributed by atoms with Crippen LogP contribution < -0.4 is 21.1 Å². The minimum Gasteiger partial charge on any atom is -0.495 e. The molecular formula is C21H29N3O5. The minimum absolute atomic E-state index is 0.00488. The molecule has 2 atom stereocenters. The molecular weight excluding hydrogens is 374 g/mol. The zero-order valence-corrected chi connectivity index (χ0v) is 17.0. The summed E-state index contributed by atoms with van der Waals surface area (Å²) >= 11 is 0. The summed E-state index contributed by atoms with van der Waals surface area (Å²) in [6, 6.07) is 3.33. The molecule has 158 valence electrons. The molecule has 1 aromatic rings. The molecule has 2 fully saturated rings. The lowest BCUT2D eigenvalue weighted by Crippen LogP contribution is -2.52. The van der Waals surface area contributed by atoms with E-state index in [9.17, 15) is 14.4 Å². The third kappa shape index (κ3) is 5.06. The molecule has 3 rings (SSSR count). The zero-order valence-electron chi connectivity index (χ0n) is 17.0. The highest BCUT2D eigenvalue weighted by atomic mass is 16.5. The maximum absolute atomic E-state index is 12.9. The van der Waals surface area contributed by atoms with E-state index in [4.69, 9.17) is 15.2 Å². The Kier molecular flexibility index (Phi) is 6.42. The number of hydrogen-bond acceptors (Lipinski definition) is 6. The van der Waals surface area contributed by atoms with Crippen molar-refractivity contribution in [2.75, 3.05) is 26.1 Å². The van der Waals surface area contributed by atoms with Crippen molar-refractivity contribution in [2.45, 2.75) is 51.1 Å². The third-order valence-corrected chi connectivity index (χ3v) is 5.86. The van der Waals surface area contributed by atoms with Crippen LogP contribution in [-0.4, -0.2) is 50.0 Å². The molecule has 1 saturated heterocycles. The molecule has 0 aromatic heterocycles. The monoisotopic (exact) mass is 403 g/mol. The summed E-state index contributed by atoms with van der Waals surface area (Å²) < 4.78 is 10.3. The van der Waals surface area contributed by atoms with E-state index < -0.39 is 12.1 Å². The number of rotatable bonds is 7. The molecule has 1 unspecified atom stereocenters. The highest BCUT2D eigenvalue weighted by Crippen LogP contribution is 2.41. The second kappa shape index (κ2) is 8.82. The van der Waals surface area contributed by atoms with Crippen LogP contribution in [0.2, 0.25) is 0 Å².